The Bertz CT molecular complexity index is 1030. The van der Waals surface area contributed by atoms with Crippen molar-refractivity contribution in [3.8, 4) is 0 Å². The van der Waals surface area contributed by atoms with Crippen LogP contribution in [0.1, 0.15) is 166 Å². The number of benzene rings is 2. The number of hydrogen-bond donors (Lipinski definition) is 0. The van der Waals surface area contributed by atoms with Crippen LogP contribution in [-0.2, 0) is 23.0 Å². The van der Waals surface area contributed by atoms with Crippen molar-refractivity contribution in [1.82, 2.24) is 0 Å². The first-order valence-electron chi connectivity index (χ1n) is 17.0. The molecular weight excluding hydrogens is 535 g/mol. The molecule has 5 heteroatoms. The molecule has 228 valence electrons. The number of fused-ring (bicyclic) bond motifs is 1. The van der Waals surface area contributed by atoms with Crippen LogP contribution >= 0.6 is 0 Å². The molecule has 0 aliphatic heterocycles. The summed E-state index contributed by atoms with van der Waals surface area (Å²) in [5.41, 5.74) is 1.94. The van der Waals surface area contributed by atoms with E-state index in [4.69, 9.17) is 0 Å². The number of aryl methyl sites for hydroxylation is 2. The molecule has 0 amide bonds. The van der Waals surface area contributed by atoms with E-state index in [9.17, 15) is 13.0 Å². The summed E-state index contributed by atoms with van der Waals surface area (Å²) < 4.78 is 37.2. The molecule has 0 saturated carbocycles. The van der Waals surface area contributed by atoms with Gasteiger partial charge in [-0.1, -0.05) is 173 Å². The molecule has 0 saturated heterocycles. The van der Waals surface area contributed by atoms with Crippen molar-refractivity contribution in [1.29, 1.82) is 0 Å². The third kappa shape index (κ3) is 16.3. The molecule has 0 aliphatic rings. The molecule has 0 radical (unpaired) electrons. The Balaban J connectivity index is 0.00000840. The molecule has 0 atom stereocenters. The fraction of sp³-hybridized carbons (Fsp3) is 0.722. The van der Waals surface area contributed by atoms with Crippen LogP contribution < -0.4 is 29.6 Å². The number of rotatable bonds is 25. The van der Waals surface area contributed by atoms with Crippen molar-refractivity contribution in [2.75, 3.05) is 0 Å². The van der Waals surface area contributed by atoms with E-state index in [1.165, 1.54) is 128 Å². The van der Waals surface area contributed by atoms with Crippen LogP contribution in [0, 0.1) is 0 Å². The van der Waals surface area contributed by atoms with E-state index in [0.717, 1.165) is 36.6 Å². The van der Waals surface area contributed by atoms with Gasteiger partial charge in [0.05, 0.1) is 4.90 Å². The van der Waals surface area contributed by atoms with Gasteiger partial charge < -0.3 is 4.55 Å². The monoisotopic (exact) mass is 594 g/mol. The standard InChI is InChI=1S/C36H60O3S.Na/c1-3-5-7-9-11-13-15-17-19-21-23-27-32-31-33(28-24-22-20-18-16-14-12-10-8-6-4-2)36(40(37,38)39)35-30-26-25-29-34(32)35;/h25-26,29-31H,3-24,27-28H2,1-2H3,(H,37,38,39);/q;+1/p-1. The van der Waals surface area contributed by atoms with Crippen molar-refractivity contribution in [2.24, 2.45) is 0 Å². The number of hydrogen-bond acceptors (Lipinski definition) is 3. The predicted molar refractivity (Wildman–Crippen MR) is 172 cm³/mol. The molecule has 41 heavy (non-hydrogen) atoms. The maximum atomic E-state index is 12.4. The minimum atomic E-state index is -4.54. The van der Waals surface area contributed by atoms with Gasteiger partial charge in [0.1, 0.15) is 10.1 Å². The van der Waals surface area contributed by atoms with E-state index in [0.29, 0.717) is 11.8 Å². The zero-order chi connectivity index (χ0) is 28.9. The van der Waals surface area contributed by atoms with Gasteiger partial charge in [-0.15, -0.1) is 0 Å². The Kier molecular flexibility index (Phi) is 22.6. The van der Waals surface area contributed by atoms with Gasteiger partial charge in [-0.3, -0.25) is 0 Å². The van der Waals surface area contributed by atoms with E-state index in [-0.39, 0.29) is 34.5 Å². The van der Waals surface area contributed by atoms with Crippen molar-refractivity contribution >= 4 is 20.9 Å². The van der Waals surface area contributed by atoms with Gasteiger partial charge >= 0.3 is 29.6 Å². The molecule has 2 rings (SSSR count). The van der Waals surface area contributed by atoms with Crippen LogP contribution in [-0.4, -0.2) is 13.0 Å². The summed E-state index contributed by atoms with van der Waals surface area (Å²) in [5, 5.41) is 1.56. The van der Waals surface area contributed by atoms with Crippen LogP contribution in [0.2, 0.25) is 0 Å². The molecular formula is C36H59NaO3S. The van der Waals surface area contributed by atoms with Gasteiger partial charge in [-0.2, -0.15) is 0 Å². The molecule has 0 N–H and O–H groups in total. The van der Waals surface area contributed by atoms with Crippen LogP contribution in [0.15, 0.2) is 35.2 Å². The maximum absolute atomic E-state index is 12.4. The first-order chi connectivity index (χ1) is 19.5. The molecule has 2 aromatic rings. The van der Waals surface area contributed by atoms with Crippen molar-refractivity contribution in [3.05, 3.63) is 41.5 Å². The van der Waals surface area contributed by atoms with Crippen molar-refractivity contribution in [3.63, 3.8) is 0 Å². The van der Waals surface area contributed by atoms with Crippen molar-refractivity contribution < 1.29 is 42.5 Å². The van der Waals surface area contributed by atoms with Gasteiger partial charge in [0.15, 0.2) is 0 Å². The molecule has 0 bridgehead atoms. The molecule has 2 aromatic carbocycles. The van der Waals surface area contributed by atoms with Gasteiger partial charge in [0.2, 0.25) is 0 Å². The Morgan fingerprint density at radius 3 is 1.24 bits per heavy atom. The van der Waals surface area contributed by atoms with Gasteiger partial charge in [0.25, 0.3) is 0 Å². The quantitative estimate of drug-likeness (QED) is 0.0658. The maximum Gasteiger partial charge on any atom is 1.00 e. The SMILES string of the molecule is CCCCCCCCCCCCCc1cc(CCCCCCCCCCCCC)c2ccccc2c1S(=O)(=O)[O-].[Na+]. The zero-order valence-corrected chi connectivity index (χ0v) is 29.8. The number of unbranched alkanes of at least 4 members (excludes halogenated alkanes) is 20. The van der Waals surface area contributed by atoms with E-state index < -0.39 is 10.1 Å². The Hall–Kier alpha value is -0.390. The Morgan fingerprint density at radius 2 is 0.854 bits per heavy atom. The molecule has 0 aromatic heterocycles. The van der Waals surface area contributed by atoms with Crippen molar-refractivity contribution in [2.45, 2.75) is 173 Å². The molecule has 0 heterocycles. The summed E-state index contributed by atoms with van der Waals surface area (Å²) in [5.74, 6) is 0. The van der Waals surface area contributed by atoms with Gasteiger partial charge in [0, 0.05) is 0 Å². The van der Waals surface area contributed by atoms with E-state index in [2.05, 4.69) is 19.9 Å². The van der Waals surface area contributed by atoms with Crippen LogP contribution in [0.5, 0.6) is 0 Å². The zero-order valence-electron chi connectivity index (χ0n) is 27.0. The van der Waals surface area contributed by atoms with Crippen LogP contribution in [0.3, 0.4) is 0 Å². The summed E-state index contributed by atoms with van der Waals surface area (Å²) in [7, 11) is -4.54. The third-order valence-electron chi connectivity index (χ3n) is 8.51. The summed E-state index contributed by atoms with van der Waals surface area (Å²) in [6, 6.07) is 9.68. The van der Waals surface area contributed by atoms with Crippen LogP contribution in [0.25, 0.3) is 10.8 Å². The van der Waals surface area contributed by atoms with Gasteiger partial charge in [-0.05, 0) is 47.6 Å². The van der Waals surface area contributed by atoms with Gasteiger partial charge in [-0.25, -0.2) is 8.42 Å². The van der Waals surface area contributed by atoms with E-state index in [1.807, 2.05) is 24.3 Å². The molecule has 0 fully saturated rings. The predicted octanol–water partition coefficient (Wildman–Crippen LogP) is 8.45. The average Bonchev–Trinajstić information content (AvgIpc) is 2.93. The topological polar surface area (TPSA) is 57.2 Å². The average molecular weight is 595 g/mol. The second-order valence-corrected chi connectivity index (χ2v) is 13.4. The fourth-order valence-electron chi connectivity index (χ4n) is 6.13. The minimum absolute atomic E-state index is 0. The first-order valence-corrected chi connectivity index (χ1v) is 18.4. The van der Waals surface area contributed by atoms with Crippen LogP contribution in [0.4, 0.5) is 0 Å². The Morgan fingerprint density at radius 1 is 0.512 bits per heavy atom. The minimum Gasteiger partial charge on any atom is -0.744 e. The molecule has 0 spiro atoms. The smallest absolute Gasteiger partial charge is 0.744 e. The largest absolute Gasteiger partial charge is 1.00 e. The fourth-order valence-corrected chi connectivity index (χ4v) is 7.06. The first kappa shape index (κ1) is 38.6. The normalized spacial score (nSPS) is 11.7. The summed E-state index contributed by atoms with van der Waals surface area (Å²) in [6.07, 6.45) is 29.9. The molecule has 3 nitrogen and oxygen atoms in total. The summed E-state index contributed by atoms with van der Waals surface area (Å²) in [4.78, 5) is 0.0258. The Labute approximate surface area is 276 Å². The molecule has 0 unspecified atom stereocenters. The third-order valence-corrected chi connectivity index (χ3v) is 9.49. The molecule has 0 aliphatic carbocycles. The van der Waals surface area contributed by atoms with E-state index in [1.54, 1.807) is 0 Å². The second-order valence-electron chi connectivity index (χ2n) is 12.1. The summed E-state index contributed by atoms with van der Waals surface area (Å²) >= 11 is 0. The summed E-state index contributed by atoms with van der Waals surface area (Å²) in [6.45, 7) is 4.52. The second kappa shape index (κ2) is 24.0. The van der Waals surface area contributed by atoms with E-state index >= 15 is 0 Å².